The fourth-order valence-electron chi connectivity index (χ4n) is 3.96. The maximum atomic E-state index is 13.0. The Labute approximate surface area is 155 Å². The molecular weight excluding hydrogens is 330 g/mol. The smallest absolute Gasteiger partial charge is 0.267 e. The van der Waals surface area contributed by atoms with Gasteiger partial charge >= 0.3 is 0 Å². The topological polar surface area (TPSA) is 74.6 Å². The summed E-state index contributed by atoms with van der Waals surface area (Å²) >= 11 is 0. The van der Waals surface area contributed by atoms with Gasteiger partial charge < -0.3 is 19.9 Å². The zero-order valence-corrected chi connectivity index (χ0v) is 16.0. The summed E-state index contributed by atoms with van der Waals surface area (Å²) in [6.07, 6.45) is 6.40. The van der Waals surface area contributed by atoms with Gasteiger partial charge in [-0.05, 0) is 64.6 Å². The van der Waals surface area contributed by atoms with Gasteiger partial charge in [-0.25, -0.2) is 0 Å². The van der Waals surface area contributed by atoms with E-state index in [-0.39, 0.29) is 22.9 Å². The van der Waals surface area contributed by atoms with Crippen molar-refractivity contribution in [1.82, 2.24) is 14.8 Å². The minimum Gasteiger partial charge on any atom is -0.507 e. The van der Waals surface area contributed by atoms with Crippen molar-refractivity contribution in [1.29, 1.82) is 0 Å². The number of rotatable bonds is 8. The van der Waals surface area contributed by atoms with Gasteiger partial charge in [0.25, 0.3) is 11.5 Å². The van der Waals surface area contributed by atoms with Crippen LogP contribution in [0.1, 0.15) is 73.6 Å². The second-order valence-electron chi connectivity index (χ2n) is 7.40. The number of hydrogen-bond donors (Lipinski definition) is 2. The van der Waals surface area contributed by atoms with Crippen molar-refractivity contribution in [3.8, 4) is 5.75 Å². The van der Waals surface area contributed by atoms with Crippen LogP contribution < -0.4 is 10.9 Å². The lowest BCUT2D eigenvalue weighted by Gasteiger charge is -2.23. The van der Waals surface area contributed by atoms with Gasteiger partial charge in [0.15, 0.2) is 0 Å². The number of carbonyl (C=O) groups is 1. The van der Waals surface area contributed by atoms with E-state index in [1.165, 1.54) is 0 Å². The number of nitrogens with zero attached hydrogens (tertiary/aromatic N) is 2. The number of hydrogen-bond acceptors (Lipinski definition) is 4. The monoisotopic (exact) mass is 361 g/mol. The zero-order chi connectivity index (χ0) is 18.7. The van der Waals surface area contributed by atoms with E-state index in [0.29, 0.717) is 6.54 Å². The minimum absolute atomic E-state index is 0.0552. The highest BCUT2D eigenvalue weighted by Crippen LogP contribution is 2.39. The van der Waals surface area contributed by atoms with Crippen LogP contribution in [0.2, 0.25) is 0 Å². The SMILES string of the molecule is CCN(CC)CCCNC(=O)c1c(O)c2c(n(C3CC3)c1=O)CCCC2. The van der Waals surface area contributed by atoms with E-state index in [0.717, 1.165) is 75.8 Å². The van der Waals surface area contributed by atoms with Crippen molar-refractivity contribution in [2.45, 2.75) is 64.8 Å². The Morgan fingerprint density at radius 3 is 2.58 bits per heavy atom. The summed E-state index contributed by atoms with van der Waals surface area (Å²) in [5.41, 5.74) is 1.41. The van der Waals surface area contributed by atoms with Gasteiger partial charge in [0.1, 0.15) is 11.3 Å². The van der Waals surface area contributed by atoms with Crippen LogP contribution >= 0.6 is 0 Å². The molecule has 144 valence electrons. The molecule has 0 saturated heterocycles. The number of fused-ring (bicyclic) bond motifs is 1. The molecule has 1 amide bonds. The molecule has 2 aliphatic rings. The van der Waals surface area contributed by atoms with Crippen LogP contribution in [0.4, 0.5) is 0 Å². The van der Waals surface area contributed by atoms with Gasteiger partial charge in [-0.1, -0.05) is 13.8 Å². The van der Waals surface area contributed by atoms with Crippen LogP contribution in [0, 0.1) is 0 Å². The van der Waals surface area contributed by atoms with Crippen LogP contribution in [0.5, 0.6) is 5.75 Å². The quantitative estimate of drug-likeness (QED) is 0.697. The predicted molar refractivity (Wildman–Crippen MR) is 102 cm³/mol. The fourth-order valence-corrected chi connectivity index (χ4v) is 3.96. The Kier molecular flexibility index (Phi) is 6.01. The Hall–Kier alpha value is -1.82. The maximum absolute atomic E-state index is 13.0. The molecule has 1 aromatic heterocycles. The van der Waals surface area contributed by atoms with Crippen molar-refractivity contribution < 1.29 is 9.90 Å². The van der Waals surface area contributed by atoms with Gasteiger partial charge in [-0.3, -0.25) is 9.59 Å². The summed E-state index contributed by atoms with van der Waals surface area (Å²) in [5.74, 6) is -0.516. The van der Waals surface area contributed by atoms with E-state index in [4.69, 9.17) is 0 Å². The number of aromatic nitrogens is 1. The minimum atomic E-state index is -0.435. The number of aromatic hydroxyl groups is 1. The van der Waals surface area contributed by atoms with Crippen molar-refractivity contribution in [3.63, 3.8) is 0 Å². The summed E-state index contributed by atoms with van der Waals surface area (Å²) in [6, 6.07) is 0.212. The lowest BCUT2D eigenvalue weighted by atomic mass is 9.93. The van der Waals surface area contributed by atoms with Gasteiger partial charge in [0, 0.05) is 23.8 Å². The third-order valence-electron chi connectivity index (χ3n) is 5.66. The van der Waals surface area contributed by atoms with Gasteiger partial charge in [-0.15, -0.1) is 0 Å². The van der Waals surface area contributed by atoms with Crippen molar-refractivity contribution in [2.24, 2.45) is 0 Å². The van der Waals surface area contributed by atoms with E-state index in [1.807, 2.05) is 0 Å². The molecule has 0 spiro atoms. The number of amides is 1. The van der Waals surface area contributed by atoms with E-state index in [9.17, 15) is 14.7 Å². The molecule has 3 rings (SSSR count). The third kappa shape index (κ3) is 3.80. The number of pyridine rings is 1. The Morgan fingerprint density at radius 1 is 1.23 bits per heavy atom. The number of nitrogens with one attached hydrogen (secondary N) is 1. The average Bonchev–Trinajstić information content (AvgIpc) is 3.47. The first-order valence-corrected chi connectivity index (χ1v) is 10.1. The van der Waals surface area contributed by atoms with Crippen LogP contribution in [0.3, 0.4) is 0 Å². The normalized spacial score (nSPS) is 16.6. The van der Waals surface area contributed by atoms with Crippen LogP contribution in [-0.2, 0) is 12.8 Å². The summed E-state index contributed by atoms with van der Waals surface area (Å²) in [5, 5.41) is 13.5. The van der Waals surface area contributed by atoms with Crippen LogP contribution in [0.25, 0.3) is 0 Å². The molecule has 0 radical (unpaired) electrons. The van der Waals surface area contributed by atoms with Gasteiger partial charge in [-0.2, -0.15) is 0 Å². The largest absolute Gasteiger partial charge is 0.507 e. The lowest BCUT2D eigenvalue weighted by molar-refractivity contribution is 0.0946. The molecular formula is C20H31N3O3. The molecule has 2 aliphatic carbocycles. The molecule has 0 atom stereocenters. The second-order valence-corrected chi connectivity index (χ2v) is 7.40. The molecule has 26 heavy (non-hydrogen) atoms. The summed E-state index contributed by atoms with van der Waals surface area (Å²) in [6.45, 7) is 7.63. The molecule has 1 heterocycles. The first kappa shape index (κ1) is 19.0. The van der Waals surface area contributed by atoms with E-state index in [1.54, 1.807) is 4.57 Å². The molecule has 6 nitrogen and oxygen atoms in total. The van der Waals surface area contributed by atoms with E-state index < -0.39 is 5.91 Å². The number of carbonyl (C=O) groups excluding carboxylic acids is 1. The fraction of sp³-hybridized carbons (Fsp3) is 0.700. The lowest BCUT2D eigenvalue weighted by Crippen LogP contribution is -2.37. The Balaban J connectivity index is 1.78. The molecule has 0 aliphatic heterocycles. The first-order chi connectivity index (χ1) is 12.6. The molecule has 1 saturated carbocycles. The molecule has 1 aromatic rings. The second kappa shape index (κ2) is 8.25. The summed E-state index contributed by atoms with van der Waals surface area (Å²) < 4.78 is 1.80. The Morgan fingerprint density at radius 2 is 1.92 bits per heavy atom. The molecule has 0 aromatic carbocycles. The van der Waals surface area contributed by atoms with E-state index in [2.05, 4.69) is 24.1 Å². The van der Waals surface area contributed by atoms with Crippen molar-refractivity contribution in [3.05, 3.63) is 27.2 Å². The highest BCUT2D eigenvalue weighted by atomic mass is 16.3. The van der Waals surface area contributed by atoms with Gasteiger partial charge in [0.05, 0.1) is 0 Å². The van der Waals surface area contributed by atoms with Gasteiger partial charge in [0.2, 0.25) is 0 Å². The molecule has 0 unspecified atom stereocenters. The zero-order valence-electron chi connectivity index (χ0n) is 16.0. The molecule has 2 N–H and O–H groups in total. The predicted octanol–water partition coefficient (Wildman–Crippen LogP) is 2.23. The van der Waals surface area contributed by atoms with Crippen LogP contribution in [-0.4, -0.2) is 46.7 Å². The van der Waals surface area contributed by atoms with E-state index >= 15 is 0 Å². The maximum Gasteiger partial charge on any atom is 0.267 e. The first-order valence-electron chi connectivity index (χ1n) is 10.1. The summed E-state index contributed by atoms with van der Waals surface area (Å²) in [4.78, 5) is 27.9. The van der Waals surface area contributed by atoms with Crippen molar-refractivity contribution in [2.75, 3.05) is 26.2 Å². The highest BCUT2D eigenvalue weighted by Gasteiger charge is 2.33. The molecule has 6 heteroatoms. The third-order valence-corrected chi connectivity index (χ3v) is 5.66. The highest BCUT2D eigenvalue weighted by molar-refractivity contribution is 5.97. The Bertz CT molecular complexity index is 718. The molecule has 1 fully saturated rings. The van der Waals surface area contributed by atoms with Crippen molar-refractivity contribution >= 4 is 5.91 Å². The van der Waals surface area contributed by atoms with Crippen LogP contribution in [0.15, 0.2) is 4.79 Å². The average molecular weight is 361 g/mol. The standard InChI is InChI=1S/C20H31N3O3/c1-3-22(4-2)13-7-12-21-19(25)17-18(24)15-8-5-6-9-16(15)23(20(17)26)14-10-11-14/h14,24H,3-13H2,1-2H3,(H,21,25). The summed E-state index contributed by atoms with van der Waals surface area (Å²) in [7, 11) is 0. The molecule has 0 bridgehead atoms.